The van der Waals surface area contributed by atoms with Crippen LogP contribution < -0.4 is 0 Å². The van der Waals surface area contributed by atoms with Crippen molar-refractivity contribution in [3.05, 3.63) is 34.9 Å². The molecule has 0 bridgehead atoms. The van der Waals surface area contributed by atoms with Gasteiger partial charge >= 0.3 is 0 Å². The minimum atomic E-state index is 0.275. The minimum absolute atomic E-state index is 0.275. The third-order valence-electron chi connectivity index (χ3n) is 1.74. The molecule has 70 valence electrons. The first kappa shape index (κ1) is 10.1. The number of unbranched alkanes of at least 4 members (excludes halogenated alkanes) is 1. The maximum atomic E-state index is 9.42. The van der Waals surface area contributed by atoms with Crippen LogP contribution in [-0.4, -0.2) is 5.11 Å². The fraction of sp³-hybridized carbons (Fsp3) is 0.273. The van der Waals surface area contributed by atoms with E-state index >= 15 is 0 Å². The summed E-state index contributed by atoms with van der Waals surface area (Å²) < 4.78 is 0. The van der Waals surface area contributed by atoms with E-state index in [1.807, 2.05) is 12.2 Å². The van der Waals surface area contributed by atoms with Crippen LogP contribution in [0, 0.1) is 0 Å². The zero-order chi connectivity index (χ0) is 9.68. The van der Waals surface area contributed by atoms with Crippen LogP contribution >= 0.6 is 11.6 Å². The molecule has 0 heterocycles. The van der Waals surface area contributed by atoms with E-state index < -0.39 is 0 Å². The van der Waals surface area contributed by atoms with Crippen LogP contribution in [0.5, 0.6) is 5.75 Å². The summed E-state index contributed by atoms with van der Waals surface area (Å²) in [6, 6.07) is 5.03. The van der Waals surface area contributed by atoms with Gasteiger partial charge in [-0.3, -0.25) is 0 Å². The first-order chi connectivity index (χ1) is 6.24. The van der Waals surface area contributed by atoms with Crippen LogP contribution in [0.3, 0.4) is 0 Å². The third kappa shape index (κ3) is 3.11. The summed E-state index contributed by atoms with van der Waals surface area (Å²) in [7, 11) is 0. The molecular formula is C11H13ClO. The number of phenols is 1. The molecule has 0 saturated carbocycles. The van der Waals surface area contributed by atoms with Crippen LogP contribution in [0.1, 0.15) is 25.3 Å². The number of benzene rings is 1. The summed E-state index contributed by atoms with van der Waals surface area (Å²) in [5.41, 5.74) is 0.779. The lowest BCUT2D eigenvalue weighted by molar-refractivity contribution is 0.474. The van der Waals surface area contributed by atoms with Gasteiger partial charge in [-0.05, 0) is 24.6 Å². The van der Waals surface area contributed by atoms with E-state index in [0.29, 0.717) is 5.02 Å². The summed E-state index contributed by atoms with van der Waals surface area (Å²) in [5, 5.41) is 10.1. The van der Waals surface area contributed by atoms with Gasteiger partial charge < -0.3 is 5.11 Å². The van der Waals surface area contributed by atoms with Gasteiger partial charge in [0.1, 0.15) is 5.75 Å². The Morgan fingerprint density at radius 2 is 2.23 bits per heavy atom. The fourth-order valence-electron chi connectivity index (χ4n) is 1.04. The number of phenolic OH excluding ortho intramolecular Hbond substituents is 1. The second-order valence-electron chi connectivity index (χ2n) is 2.89. The Morgan fingerprint density at radius 3 is 2.92 bits per heavy atom. The number of hydrogen-bond acceptors (Lipinski definition) is 1. The molecule has 0 fully saturated rings. The van der Waals surface area contributed by atoms with Crippen molar-refractivity contribution in [3.8, 4) is 5.75 Å². The zero-order valence-electron chi connectivity index (χ0n) is 7.63. The van der Waals surface area contributed by atoms with E-state index in [2.05, 4.69) is 6.92 Å². The molecular weight excluding hydrogens is 184 g/mol. The van der Waals surface area contributed by atoms with Crippen molar-refractivity contribution in [2.24, 2.45) is 0 Å². The molecule has 13 heavy (non-hydrogen) atoms. The van der Waals surface area contributed by atoms with Gasteiger partial charge in [-0.25, -0.2) is 0 Å². The molecule has 0 radical (unpaired) electrons. The monoisotopic (exact) mass is 196 g/mol. The largest absolute Gasteiger partial charge is 0.507 e. The minimum Gasteiger partial charge on any atom is -0.507 e. The van der Waals surface area contributed by atoms with E-state index in [4.69, 9.17) is 11.6 Å². The molecule has 0 saturated heterocycles. The SMILES string of the molecule is CCC/C=C/c1cc(Cl)ccc1O. The van der Waals surface area contributed by atoms with Gasteiger partial charge in [0.05, 0.1) is 0 Å². The predicted molar refractivity (Wildman–Crippen MR) is 57.1 cm³/mol. The predicted octanol–water partition coefficient (Wildman–Crippen LogP) is 3.86. The smallest absolute Gasteiger partial charge is 0.122 e. The maximum absolute atomic E-state index is 9.42. The van der Waals surface area contributed by atoms with Gasteiger partial charge in [0.2, 0.25) is 0 Å². The number of aromatic hydroxyl groups is 1. The quantitative estimate of drug-likeness (QED) is 0.779. The van der Waals surface area contributed by atoms with Crippen molar-refractivity contribution in [2.75, 3.05) is 0 Å². The van der Waals surface area contributed by atoms with Crippen LogP contribution in [0.4, 0.5) is 0 Å². The van der Waals surface area contributed by atoms with E-state index in [9.17, 15) is 5.11 Å². The highest BCUT2D eigenvalue weighted by Gasteiger charge is 1.96. The van der Waals surface area contributed by atoms with Crippen molar-refractivity contribution in [3.63, 3.8) is 0 Å². The van der Waals surface area contributed by atoms with Crippen LogP contribution in [-0.2, 0) is 0 Å². The highest BCUT2D eigenvalue weighted by Crippen LogP contribution is 2.22. The van der Waals surface area contributed by atoms with Crippen molar-refractivity contribution in [1.29, 1.82) is 0 Å². The topological polar surface area (TPSA) is 20.2 Å². The van der Waals surface area contributed by atoms with E-state index in [0.717, 1.165) is 18.4 Å². The van der Waals surface area contributed by atoms with Crippen molar-refractivity contribution < 1.29 is 5.11 Å². The molecule has 0 aromatic heterocycles. The Morgan fingerprint density at radius 1 is 1.46 bits per heavy atom. The maximum Gasteiger partial charge on any atom is 0.122 e. The van der Waals surface area contributed by atoms with Crippen molar-refractivity contribution in [1.82, 2.24) is 0 Å². The van der Waals surface area contributed by atoms with Crippen molar-refractivity contribution >= 4 is 17.7 Å². The molecule has 0 aliphatic heterocycles. The van der Waals surface area contributed by atoms with E-state index in [1.54, 1.807) is 18.2 Å². The Kier molecular flexibility index (Phi) is 3.84. The molecule has 0 aliphatic rings. The highest BCUT2D eigenvalue weighted by molar-refractivity contribution is 6.30. The third-order valence-corrected chi connectivity index (χ3v) is 1.98. The van der Waals surface area contributed by atoms with Crippen LogP contribution in [0.15, 0.2) is 24.3 Å². The summed E-state index contributed by atoms with van der Waals surface area (Å²) in [4.78, 5) is 0. The summed E-state index contributed by atoms with van der Waals surface area (Å²) in [6.07, 6.45) is 6.06. The second kappa shape index (κ2) is 4.93. The molecule has 0 atom stereocenters. The van der Waals surface area contributed by atoms with Gasteiger partial charge in [-0.15, -0.1) is 0 Å². The average molecular weight is 197 g/mol. The van der Waals surface area contributed by atoms with E-state index in [-0.39, 0.29) is 5.75 Å². The molecule has 0 unspecified atom stereocenters. The Balaban J connectivity index is 2.81. The zero-order valence-corrected chi connectivity index (χ0v) is 8.38. The molecule has 2 heteroatoms. The average Bonchev–Trinajstić information content (AvgIpc) is 2.11. The van der Waals surface area contributed by atoms with Gasteiger partial charge in [0, 0.05) is 10.6 Å². The second-order valence-corrected chi connectivity index (χ2v) is 3.33. The standard InChI is InChI=1S/C11H13ClO/c1-2-3-4-5-9-8-10(12)6-7-11(9)13/h4-8,13H,2-3H2,1H3/b5-4+. The lowest BCUT2D eigenvalue weighted by Gasteiger charge is -1.98. The highest BCUT2D eigenvalue weighted by atomic mass is 35.5. The Hall–Kier alpha value is -0.950. The molecule has 0 amide bonds. The number of allylic oxidation sites excluding steroid dienone is 1. The van der Waals surface area contributed by atoms with Crippen LogP contribution in [0.2, 0.25) is 5.02 Å². The molecule has 0 aliphatic carbocycles. The number of hydrogen-bond donors (Lipinski definition) is 1. The fourth-order valence-corrected chi connectivity index (χ4v) is 1.22. The lowest BCUT2D eigenvalue weighted by atomic mass is 10.1. The summed E-state index contributed by atoms with van der Waals surface area (Å²) in [6.45, 7) is 2.11. The molecule has 1 nitrogen and oxygen atoms in total. The van der Waals surface area contributed by atoms with Gasteiger partial charge in [-0.2, -0.15) is 0 Å². The number of rotatable bonds is 3. The van der Waals surface area contributed by atoms with Gasteiger partial charge in [0.25, 0.3) is 0 Å². The Bertz CT molecular complexity index is 305. The van der Waals surface area contributed by atoms with Gasteiger partial charge in [0.15, 0.2) is 0 Å². The molecule has 1 N–H and O–H groups in total. The summed E-state index contributed by atoms with van der Waals surface area (Å²) >= 11 is 5.78. The van der Waals surface area contributed by atoms with Crippen LogP contribution in [0.25, 0.3) is 6.08 Å². The first-order valence-corrected chi connectivity index (χ1v) is 4.77. The Labute approximate surface area is 83.7 Å². The molecule has 1 aromatic rings. The van der Waals surface area contributed by atoms with Gasteiger partial charge in [-0.1, -0.05) is 37.1 Å². The lowest BCUT2D eigenvalue weighted by Crippen LogP contribution is -1.74. The van der Waals surface area contributed by atoms with Crippen molar-refractivity contribution in [2.45, 2.75) is 19.8 Å². The molecule has 0 spiro atoms. The normalized spacial score (nSPS) is 10.9. The summed E-state index contributed by atoms with van der Waals surface area (Å²) in [5.74, 6) is 0.275. The molecule has 1 rings (SSSR count). The van der Waals surface area contributed by atoms with E-state index in [1.165, 1.54) is 0 Å². The molecule has 1 aromatic carbocycles. The number of halogens is 1. The first-order valence-electron chi connectivity index (χ1n) is 4.39.